The van der Waals surface area contributed by atoms with Crippen LogP contribution in [-0.4, -0.2) is 82.7 Å². The number of carbonyl (C=O) groups is 3. The van der Waals surface area contributed by atoms with Crippen LogP contribution in [0.25, 0.3) is 0 Å². The van der Waals surface area contributed by atoms with Gasteiger partial charge in [0.1, 0.15) is 11.6 Å². The molecule has 38 heavy (non-hydrogen) atoms. The molecule has 2 unspecified atom stereocenters. The molecule has 3 saturated heterocycles. The van der Waals surface area contributed by atoms with Gasteiger partial charge in [0, 0.05) is 19.6 Å². The van der Waals surface area contributed by atoms with E-state index in [2.05, 4.69) is 13.2 Å². The van der Waals surface area contributed by atoms with E-state index in [0.29, 0.717) is 43.1 Å². The predicted octanol–water partition coefficient (Wildman–Crippen LogP) is 3.43. The van der Waals surface area contributed by atoms with Crippen LogP contribution in [0.2, 0.25) is 5.02 Å². The molecule has 4 rings (SSSR count). The maximum Gasteiger partial charge on any atom is 0.253 e. The van der Waals surface area contributed by atoms with Crippen molar-refractivity contribution in [1.82, 2.24) is 9.80 Å². The first-order valence-corrected chi connectivity index (χ1v) is 13.9. The van der Waals surface area contributed by atoms with Gasteiger partial charge in [0.15, 0.2) is 0 Å². The minimum atomic E-state index is -1.16. The summed E-state index contributed by atoms with van der Waals surface area (Å²) in [5.41, 5.74) is -0.655. The molecule has 3 aliphatic heterocycles. The van der Waals surface area contributed by atoms with Crippen LogP contribution < -0.4 is 4.90 Å². The monoisotopic (exact) mass is 543 g/mol. The third-order valence-electron chi connectivity index (χ3n) is 8.21. The smallest absolute Gasteiger partial charge is 0.253 e. The van der Waals surface area contributed by atoms with Crippen molar-refractivity contribution in [1.29, 1.82) is 0 Å². The fourth-order valence-corrected chi connectivity index (χ4v) is 6.88. The van der Waals surface area contributed by atoms with Crippen molar-refractivity contribution in [2.75, 3.05) is 31.1 Å². The van der Waals surface area contributed by atoms with Crippen molar-refractivity contribution in [3.63, 3.8) is 0 Å². The number of fused-ring (bicyclic) bond motifs is 1. The second kappa shape index (κ2) is 11.6. The van der Waals surface area contributed by atoms with E-state index in [9.17, 15) is 19.5 Å². The summed E-state index contributed by atoms with van der Waals surface area (Å²) in [5.74, 6) is -2.30. The molecule has 0 aromatic heterocycles. The second-order valence-electron chi connectivity index (χ2n) is 10.3. The first-order chi connectivity index (χ1) is 18.3. The van der Waals surface area contributed by atoms with Crippen LogP contribution >= 0.6 is 11.6 Å². The van der Waals surface area contributed by atoms with Crippen molar-refractivity contribution in [3.8, 4) is 0 Å². The summed E-state index contributed by atoms with van der Waals surface area (Å²) in [6.07, 6.45) is 5.12. The van der Waals surface area contributed by atoms with Crippen molar-refractivity contribution in [2.45, 2.75) is 63.3 Å². The number of hydrogen-bond donors (Lipinski definition) is 1. The second-order valence-corrected chi connectivity index (χ2v) is 10.7. The summed E-state index contributed by atoms with van der Waals surface area (Å²) in [6, 6.07) is 5.43. The molecule has 8 nitrogen and oxygen atoms in total. The number of halogens is 1. The van der Waals surface area contributed by atoms with E-state index < -0.39 is 35.6 Å². The number of rotatable bonds is 12. The zero-order valence-corrected chi connectivity index (χ0v) is 23.0. The van der Waals surface area contributed by atoms with E-state index >= 15 is 0 Å². The molecule has 0 aliphatic carbocycles. The Kier molecular flexibility index (Phi) is 8.65. The zero-order valence-electron chi connectivity index (χ0n) is 22.2. The molecule has 1 aromatic rings. The van der Waals surface area contributed by atoms with Crippen LogP contribution in [0.4, 0.5) is 5.69 Å². The normalized spacial score (nSPS) is 28.2. The lowest BCUT2D eigenvalue weighted by Gasteiger charge is -2.39. The van der Waals surface area contributed by atoms with Crippen molar-refractivity contribution in [2.24, 2.45) is 11.8 Å². The van der Waals surface area contributed by atoms with Crippen LogP contribution in [0.15, 0.2) is 49.6 Å². The molecule has 6 atom stereocenters. The van der Waals surface area contributed by atoms with Crippen LogP contribution in [0.1, 0.15) is 39.5 Å². The molecule has 9 heteroatoms. The molecule has 3 heterocycles. The number of hydrogen-bond acceptors (Lipinski definition) is 5. The Morgan fingerprint density at radius 2 is 1.95 bits per heavy atom. The third kappa shape index (κ3) is 4.46. The lowest BCUT2D eigenvalue weighted by Crippen LogP contribution is -2.59. The first kappa shape index (κ1) is 28.3. The standard InChI is InChI=1S/C29H38ClN3O5/c1-5-15-31(16-6-2)26(35)23-22-13-14-29(38-22)24(23)27(36)33(19(8-4)18-34)25(29)28(37)32(17-7-3)21-12-10-9-11-20(21)30/h5,7,9-12,19,22-25,34H,1,3,6,8,13-18H2,2,4H3/t19-,22+,23-,24-,25?,29?/m0/s1. The van der Waals surface area contributed by atoms with Crippen LogP contribution in [0, 0.1) is 11.8 Å². The van der Waals surface area contributed by atoms with Gasteiger partial charge in [0.2, 0.25) is 11.8 Å². The average molecular weight is 544 g/mol. The van der Waals surface area contributed by atoms with Gasteiger partial charge in [0.25, 0.3) is 5.91 Å². The van der Waals surface area contributed by atoms with Gasteiger partial charge in [-0.15, -0.1) is 13.2 Å². The highest BCUT2D eigenvalue weighted by molar-refractivity contribution is 6.34. The molecular formula is C29H38ClN3O5. The minimum absolute atomic E-state index is 0.143. The number of ether oxygens (including phenoxy) is 1. The first-order valence-electron chi connectivity index (χ1n) is 13.5. The quantitative estimate of drug-likeness (QED) is 0.408. The van der Waals surface area contributed by atoms with E-state index in [1.165, 1.54) is 9.80 Å². The van der Waals surface area contributed by atoms with E-state index in [1.807, 2.05) is 13.8 Å². The molecule has 3 aliphatic rings. The lowest BCUT2D eigenvalue weighted by atomic mass is 9.70. The van der Waals surface area contributed by atoms with Gasteiger partial charge in [-0.2, -0.15) is 0 Å². The molecule has 206 valence electrons. The molecule has 1 aromatic carbocycles. The SMILES string of the molecule is C=CCN(CCC)C(=O)[C@@H]1[C@H]2C(=O)N([C@@H](CC)CO)C(C(=O)N(CC=C)c3ccccc3Cl)C23CC[C@H]1O3. The number of aliphatic hydroxyl groups is 1. The summed E-state index contributed by atoms with van der Waals surface area (Å²) in [4.78, 5) is 47.3. The van der Waals surface area contributed by atoms with E-state index in [1.54, 1.807) is 41.3 Å². The Labute approximate surface area is 229 Å². The van der Waals surface area contributed by atoms with Crippen molar-refractivity contribution < 1.29 is 24.2 Å². The molecule has 1 N–H and O–H groups in total. The maximum atomic E-state index is 14.5. The molecule has 3 amide bonds. The number of anilines is 1. The zero-order chi connectivity index (χ0) is 27.6. The van der Waals surface area contributed by atoms with Gasteiger partial charge >= 0.3 is 0 Å². The van der Waals surface area contributed by atoms with Gasteiger partial charge in [-0.25, -0.2) is 0 Å². The number of nitrogens with zero attached hydrogens (tertiary/aromatic N) is 3. The van der Waals surface area contributed by atoms with Gasteiger partial charge in [-0.3, -0.25) is 14.4 Å². The Bertz CT molecular complexity index is 1090. The van der Waals surface area contributed by atoms with Gasteiger partial charge in [0.05, 0.1) is 41.3 Å². The lowest BCUT2D eigenvalue weighted by molar-refractivity contribution is -0.147. The number of benzene rings is 1. The van der Waals surface area contributed by atoms with E-state index in [-0.39, 0.29) is 30.9 Å². The van der Waals surface area contributed by atoms with Crippen LogP contribution in [0.5, 0.6) is 0 Å². The maximum absolute atomic E-state index is 14.5. The molecule has 0 radical (unpaired) electrons. The minimum Gasteiger partial charge on any atom is -0.394 e. The van der Waals surface area contributed by atoms with Gasteiger partial charge in [-0.1, -0.05) is 49.7 Å². The molecular weight excluding hydrogens is 506 g/mol. The van der Waals surface area contributed by atoms with Crippen LogP contribution in [0.3, 0.4) is 0 Å². The molecule has 0 saturated carbocycles. The summed E-state index contributed by atoms with van der Waals surface area (Å²) in [7, 11) is 0. The number of likely N-dealkylation sites (tertiary alicyclic amines) is 1. The highest BCUT2D eigenvalue weighted by Crippen LogP contribution is 2.59. The predicted molar refractivity (Wildman–Crippen MR) is 147 cm³/mol. The Morgan fingerprint density at radius 3 is 2.55 bits per heavy atom. The highest BCUT2D eigenvalue weighted by atomic mass is 35.5. The van der Waals surface area contributed by atoms with E-state index in [0.717, 1.165) is 6.42 Å². The summed E-state index contributed by atoms with van der Waals surface area (Å²) < 4.78 is 6.57. The Hall–Kier alpha value is -2.68. The molecule has 2 bridgehead atoms. The summed E-state index contributed by atoms with van der Waals surface area (Å²) >= 11 is 6.50. The van der Waals surface area contributed by atoms with E-state index in [4.69, 9.17) is 16.3 Å². The number of aliphatic hydroxyl groups excluding tert-OH is 1. The van der Waals surface area contributed by atoms with Gasteiger partial charge < -0.3 is 24.5 Å². The number of carbonyl (C=O) groups excluding carboxylic acids is 3. The highest BCUT2D eigenvalue weighted by Gasteiger charge is 2.75. The van der Waals surface area contributed by atoms with Crippen molar-refractivity contribution >= 4 is 35.0 Å². The molecule has 3 fully saturated rings. The third-order valence-corrected chi connectivity index (χ3v) is 8.53. The Morgan fingerprint density at radius 1 is 1.24 bits per heavy atom. The fraction of sp³-hybridized carbons (Fsp3) is 0.552. The fourth-order valence-electron chi connectivity index (χ4n) is 6.64. The summed E-state index contributed by atoms with van der Waals surface area (Å²) in [6.45, 7) is 12.3. The topological polar surface area (TPSA) is 90.4 Å². The Balaban J connectivity index is 1.81. The average Bonchev–Trinajstić information content (AvgIpc) is 3.55. The number of para-hydroxylation sites is 1. The molecule has 1 spiro atoms. The van der Waals surface area contributed by atoms with Crippen molar-refractivity contribution in [3.05, 3.63) is 54.6 Å². The largest absolute Gasteiger partial charge is 0.394 e. The van der Waals surface area contributed by atoms with Gasteiger partial charge in [-0.05, 0) is 37.8 Å². The summed E-state index contributed by atoms with van der Waals surface area (Å²) in [5, 5.41) is 10.7. The van der Waals surface area contributed by atoms with Crippen LogP contribution in [-0.2, 0) is 19.1 Å². The number of amides is 3.